The van der Waals surface area contributed by atoms with Crippen LogP contribution in [0.25, 0.3) is 0 Å². The van der Waals surface area contributed by atoms with Gasteiger partial charge in [0.15, 0.2) is 6.23 Å². The van der Waals surface area contributed by atoms with Gasteiger partial charge in [-0.05, 0) is 41.2 Å². The molecule has 0 unspecified atom stereocenters. The first-order valence-electron chi connectivity index (χ1n) is 16.2. The van der Waals surface area contributed by atoms with E-state index in [2.05, 4.69) is 76.2 Å². The summed E-state index contributed by atoms with van der Waals surface area (Å²) in [5.41, 5.74) is -0.249. The van der Waals surface area contributed by atoms with Crippen LogP contribution in [0.1, 0.15) is 98.3 Å². The zero-order valence-corrected chi connectivity index (χ0v) is 31.8. The average Bonchev–Trinajstić information content (AvgIpc) is 3.24. The minimum Gasteiger partial charge on any atom is -0.414 e. The minimum absolute atomic E-state index is 0.124. The number of nitrogens with zero attached hydrogens (tertiary/aromatic N) is 2. The summed E-state index contributed by atoms with van der Waals surface area (Å²) in [6.07, 6.45) is -0.217. The normalized spacial score (nSPS) is 25.1. The van der Waals surface area contributed by atoms with E-state index < -0.39 is 52.7 Å². The van der Waals surface area contributed by atoms with E-state index in [0.29, 0.717) is 0 Å². The molecule has 4 rings (SSSR count). The Morgan fingerprint density at radius 3 is 1.98 bits per heavy atom. The second kappa shape index (κ2) is 13.4. The van der Waals surface area contributed by atoms with Crippen LogP contribution in [0.3, 0.4) is 0 Å². The summed E-state index contributed by atoms with van der Waals surface area (Å²) in [4.78, 5) is 41.0. The minimum atomic E-state index is -2.97. The Labute approximate surface area is 274 Å². The van der Waals surface area contributed by atoms with Crippen molar-refractivity contribution in [1.29, 1.82) is 0 Å². The van der Waals surface area contributed by atoms with Gasteiger partial charge >= 0.3 is 22.8 Å². The Balaban J connectivity index is 1.91. The molecule has 9 nitrogen and oxygen atoms in total. The Morgan fingerprint density at radius 2 is 1.47 bits per heavy atom. The highest BCUT2D eigenvalue weighted by Crippen LogP contribution is 2.51. The van der Waals surface area contributed by atoms with Crippen LogP contribution < -0.4 is 11.2 Å². The lowest BCUT2D eigenvalue weighted by molar-refractivity contribution is -0.0567. The summed E-state index contributed by atoms with van der Waals surface area (Å²) < 4.78 is 30.5. The van der Waals surface area contributed by atoms with E-state index in [0.717, 1.165) is 4.57 Å². The van der Waals surface area contributed by atoms with Gasteiger partial charge in [0.05, 0.1) is 18.0 Å². The lowest BCUT2D eigenvalue weighted by Gasteiger charge is -2.51. The average molecular weight is 677 g/mol. The van der Waals surface area contributed by atoms with Gasteiger partial charge in [0, 0.05) is 22.1 Å². The third-order valence-electron chi connectivity index (χ3n) is 8.89. The van der Waals surface area contributed by atoms with Crippen LogP contribution in [0.5, 0.6) is 0 Å². The summed E-state index contributed by atoms with van der Waals surface area (Å²) in [7, 11) is -5.78. The van der Waals surface area contributed by atoms with Crippen molar-refractivity contribution in [3.8, 4) is 0 Å². The fourth-order valence-corrected chi connectivity index (χ4v) is 19.5. The summed E-state index contributed by atoms with van der Waals surface area (Å²) >= 11 is 1.68. The predicted molar refractivity (Wildman–Crippen MR) is 185 cm³/mol. The Morgan fingerprint density at radius 1 is 0.911 bits per heavy atom. The summed E-state index contributed by atoms with van der Waals surface area (Å²) in [5.74, 6) is -0.671. The van der Waals surface area contributed by atoms with E-state index in [4.69, 9.17) is 17.7 Å². The van der Waals surface area contributed by atoms with Crippen molar-refractivity contribution in [3.63, 3.8) is 0 Å². The topological polar surface area (TPSA) is 98.0 Å². The molecule has 0 spiro atoms. The fourth-order valence-electron chi connectivity index (χ4n) is 6.65. The van der Waals surface area contributed by atoms with Gasteiger partial charge in [-0.3, -0.25) is 14.2 Å². The molecule has 2 aromatic rings. The molecule has 0 amide bonds. The summed E-state index contributed by atoms with van der Waals surface area (Å²) in [6.45, 7) is 25.7. The van der Waals surface area contributed by atoms with E-state index in [1.807, 2.05) is 0 Å². The van der Waals surface area contributed by atoms with Gasteiger partial charge in [0.2, 0.25) is 0 Å². The maximum Gasteiger partial charge on any atom is 0.340 e. The number of carbonyl (C=O) groups is 1. The maximum absolute atomic E-state index is 14.2. The molecule has 4 atom stereocenters. The quantitative estimate of drug-likeness (QED) is 0.297. The number of thioether (sulfide) groups is 1. The molecule has 0 N–H and O–H groups in total. The van der Waals surface area contributed by atoms with Gasteiger partial charge < -0.3 is 17.7 Å². The van der Waals surface area contributed by atoms with E-state index in [9.17, 15) is 14.4 Å². The molecule has 2 fully saturated rings. The number of fused-ring (bicyclic) bond motifs is 1. The molecule has 1 aromatic heterocycles. The lowest BCUT2D eigenvalue weighted by atomic mass is 10.2. The van der Waals surface area contributed by atoms with Crippen molar-refractivity contribution < 1.29 is 22.5 Å². The molecule has 0 aliphatic carbocycles. The van der Waals surface area contributed by atoms with Crippen LogP contribution in [-0.4, -0.2) is 61.0 Å². The number of hydrogen-bond donors (Lipinski definition) is 0. The highest BCUT2D eigenvalue weighted by Gasteiger charge is 2.62. The van der Waals surface area contributed by atoms with Crippen molar-refractivity contribution in [3.05, 3.63) is 68.5 Å². The molecule has 0 bridgehead atoms. The SMILES string of the molecule is Cc1cn([C@H]2O[C@@H]3CO[Si](C(C)C)(C(C)C)O[Si](C(C)C)(C(C)C)O[C@H]3[C@@H]2SC(C)(C)C)c(=O)n(C(=O)c2ccccc2)c1=O. The van der Waals surface area contributed by atoms with E-state index in [1.165, 1.54) is 10.8 Å². The Bertz CT molecular complexity index is 1470. The third-order valence-corrected chi connectivity index (χ3v) is 20.6. The van der Waals surface area contributed by atoms with Crippen molar-refractivity contribution >= 4 is 34.8 Å². The smallest absolute Gasteiger partial charge is 0.340 e. The van der Waals surface area contributed by atoms with Crippen LogP contribution in [0.4, 0.5) is 0 Å². The van der Waals surface area contributed by atoms with Gasteiger partial charge in [0.1, 0.15) is 6.10 Å². The first-order chi connectivity index (χ1) is 20.9. The Hall–Kier alpha value is -1.81. The second-order valence-electron chi connectivity index (χ2n) is 14.6. The Kier molecular flexibility index (Phi) is 10.7. The molecule has 1 aromatic carbocycles. The predicted octanol–water partition coefficient (Wildman–Crippen LogP) is 6.76. The maximum atomic E-state index is 14.2. The van der Waals surface area contributed by atoms with Crippen LogP contribution in [0.2, 0.25) is 22.2 Å². The van der Waals surface area contributed by atoms with Gasteiger partial charge in [-0.15, -0.1) is 11.8 Å². The summed E-state index contributed by atoms with van der Waals surface area (Å²) in [6, 6.07) is 8.38. The van der Waals surface area contributed by atoms with Crippen LogP contribution in [-0.2, 0) is 17.7 Å². The van der Waals surface area contributed by atoms with Crippen LogP contribution in [0.15, 0.2) is 46.1 Å². The van der Waals surface area contributed by atoms with Crippen LogP contribution >= 0.6 is 11.8 Å². The van der Waals surface area contributed by atoms with E-state index in [1.54, 1.807) is 49.0 Å². The van der Waals surface area contributed by atoms with E-state index in [-0.39, 0.29) is 49.9 Å². The highest BCUT2D eigenvalue weighted by molar-refractivity contribution is 8.01. The summed E-state index contributed by atoms with van der Waals surface area (Å²) in [5, 5.41) is -0.353. The zero-order valence-electron chi connectivity index (χ0n) is 29.0. The monoisotopic (exact) mass is 676 g/mol. The van der Waals surface area contributed by atoms with Gasteiger partial charge in [-0.25, -0.2) is 4.79 Å². The first-order valence-corrected chi connectivity index (χ1v) is 21.0. The molecule has 0 radical (unpaired) electrons. The second-order valence-corrected chi connectivity index (χ2v) is 25.5. The molecule has 12 heteroatoms. The van der Waals surface area contributed by atoms with Crippen molar-refractivity contribution in [2.24, 2.45) is 0 Å². The standard InChI is InChI=1S/C33H52N2O7SSi2/c1-20(2)44(21(3)4)39-19-26-27(41-45(42-44,22(5)6)23(7)8)28(43-33(10,11)12)31(40-26)34-18-24(9)29(36)35(32(34)38)30(37)25-16-14-13-15-17-25/h13-18,20-23,26-28,31H,19H2,1-12H3/t26-,27-,28+,31+/m1/s1. The fraction of sp³-hybridized carbons (Fsp3) is 0.667. The lowest BCUT2D eigenvalue weighted by Crippen LogP contribution is -2.65. The number of benzene rings is 1. The largest absolute Gasteiger partial charge is 0.414 e. The molecular weight excluding hydrogens is 625 g/mol. The number of hydrogen-bond acceptors (Lipinski definition) is 8. The van der Waals surface area contributed by atoms with Gasteiger partial charge in [-0.2, -0.15) is 4.57 Å². The van der Waals surface area contributed by atoms with Gasteiger partial charge in [-0.1, -0.05) is 94.4 Å². The number of aryl methyl sites for hydroxylation is 1. The molecule has 250 valence electrons. The third kappa shape index (κ3) is 6.79. The van der Waals surface area contributed by atoms with Crippen LogP contribution in [0, 0.1) is 6.92 Å². The zero-order chi connectivity index (χ0) is 33.6. The highest BCUT2D eigenvalue weighted by atomic mass is 32.2. The molecule has 2 aliphatic heterocycles. The number of carbonyl (C=O) groups excluding carboxylic acids is 1. The van der Waals surface area contributed by atoms with Crippen molar-refractivity contribution in [2.45, 2.75) is 134 Å². The van der Waals surface area contributed by atoms with Crippen molar-refractivity contribution in [2.75, 3.05) is 6.61 Å². The molecule has 2 aliphatic rings. The number of ether oxygens (including phenoxy) is 1. The molecule has 2 saturated heterocycles. The molecule has 3 heterocycles. The molecule has 45 heavy (non-hydrogen) atoms. The van der Waals surface area contributed by atoms with Crippen molar-refractivity contribution in [1.82, 2.24) is 9.13 Å². The molecule has 0 saturated carbocycles. The molecular formula is C33H52N2O7SSi2. The number of rotatable bonds is 7. The van der Waals surface area contributed by atoms with Gasteiger partial charge in [0.25, 0.3) is 11.5 Å². The van der Waals surface area contributed by atoms with E-state index >= 15 is 0 Å². The first kappa shape index (κ1) is 36.0. The number of aromatic nitrogens is 2.